The molecule has 256 valence electrons. The average molecular weight is 620 g/mol. The van der Waals surface area contributed by atoms with Gasteiger partial charge in [0.1, 0.15) is 6.61 Å². The summed E-state index contributed by atoms with van der Waals surface area (Å²) in [6.07, 6.45) is 3.90. The predicted molar refractivity (Wildman–Crippen MR) is 172 cm³/mol. The molecule has 2 atom stereocenters. The van der Waals surface area contributed by atoms with Gasteiger partial charge in [0, 0.05) is 24.4 Å². The number of carbonyl (C=O) groups is 5. The summed E-state index contributed by atoms with van der Waals surface area (Å²) in [5.41, 5.74) is 3.81. The molecular formula is C32H65N3O8. The maximum Gasteiger partial charge on any atom is 0.311 e. The first-order chi connectivity index (χ1) is 19.6. The molecule has 0 heterocycles. The van der Waals surface area contributed by atoms with Crippen LogP contribution in [0.2, 0.25) is 0 Å². The lowest BCUT2D eigenvalue weighted by Crippen LogP contribution is -2.41. The molecule has 0 spiro atoms. The van der Waals surface area contributed by atoms with Gasteiger partial charge in [-0.1, -0.05) is 62.3 Å². The van der Waals surface area contributed by atoms with Crippen LogP contribution in [0.5, 0.6) is 0 Å². The minimum Gasteiger partial charge on any atom is -0.481 e. The first kappa shape index (κ1) is 47.2. The number of methoxy groups -OCH3 is 1. The summed E-state index contributed by atoms with van der Waals surface area (Å²) in [5.74, 6) is -1.11. The zero-order chi connectivity index (χ0) is 35.0. The lowest BCUT2D eigenvalue weighted by Gasteiger charge is -2.19. The van der Waals surface area contributed by atoms with Crippen molar-refractivity contribution in [1.82, 2.24) is 10.6 Å². The average Bonchev–Trinajstić information content (AvgIpc) is 2.96. The van der Waals surface area contributed by atoms with Gasteiger partial charge in [-0.15, -0.1) is 0 Å². The van der Waals surface area contributed by atoms with Crippen LogP contribution in [0, 0.1) is 28.1 Å². The molecule has 0 fully saturated rings. The number of nitrogens with one attached hydrogen (secondary N) is 2. The predicted octanol–water partition coefficient (Wildman–Crippen LogP) is 5.30. The Morgan fingerprint density at radius 2 is 1.07 bits per heavy atom. The molecule has 2 unspecified atom stereocenters. The van der Waals surface area contributed by atoms with E-state index in [1.807, 2.05) is 76.2 Å². The SMILES string of the molecule is CCC(C)(C)C(=O)O.CCC(C)(C)C(=O)OCCOC.CCC(C)(C)C(N)=O.CCC(C)C(=O)NCNC(=O)C(C)CC. The van der Waals surface area contributed by atoms with E-state index in [-0.39, 0.29) is 53.0 Å². The van der Waals surface area contributed by atoms with Crippen molar-refractivity contribution in [2.45, 2.75) is 122 Å². The van der Waals surface area contributed by atoms with Crippen molar-refractivity contribution in [2.24, 2.45) is 33.8 Å². The molecule has 0 aliphatic carbocycles. The Morgan fingerprint density at radius 1 is 0.698 bits per heavy atom. The van der Waals surface area contributed by atoms with Gasteiger partial charge in [-0.2, -0.15) is 0 Å². The van der Waals surface area contributed by atoms with Crippen LogP contribution in [0.3, 0.4) is 0 Å². The summed E-state index contributed by atoms with van der Waals surface area (Å²) in [5, 5.41) is 13.8. The number of carbonyl (C=O) groups excluding carboxylic acids is 4. The first-order valence-corrected chi connectivity index (χ1v) is 15.3. The number of ether oxygens (including phenoxy) is 2. The van der Waals surface area contributed by atoms with Crippen LogP contribution >= 0.6 is 0 Å². The van der Waals surface area contributed by atoms with Crippen LogP contribution in [0.25, 0.3) is 0 Å². The second-order valence-electron chi connectivity index (χ2n) is 12.4. The number of carboxylic acid groups (broad SMARTS) is 1. The Balaban J connectivity index is -0.000000245. The summed E-state index contributed by atoms with van der Waals surface area (Å²) in [4.78, 5) is 54.7. The maximum absolute atomic E-state index is 11.3. The molecule has 0 aromatic rings. The highest BCUT2D eigenvalue weighted by molar-refractivity contribution is 5.81. The number of amides is 3. The van der Waals surface area contributed by atoms with E-state index in [1.54, 1.807) is 21.0 Å². The fourth-order valence-corrected chi connectivity index (χ4v) is 1.82. The van der Waals surface area contributed by atoms with Crippen molar-refractivity contribution in [3.05, 3.63) is 0 Å². The first-order valence-electron chi connectivity index (χ1n) is 15.3. The highest BCUT2D eigenvalue weighted by Gasteiger charge is 2.26. The van der Waals surface area contributed by atoms with Crippen molar-refractivity contribution >= 4 is 29.7 Å². The standard InChI is InChI=1S/C11H22N2O2.C9H18O3.C6H13NO.C6H12O2/c1-5-8(3)10(14)12-7-13-11(15)9(4)6-2;1-5-9(2,3)8(10)12-7-6-11-4;2*1-4-6(2,3)5(7)8/h8-9H,5-7H2,1-4H3,(H,12,14)(H,13,15);5-7H2,1-4H3;4H2,1-3H3,(H2,7,8);4H2,1-3H3,(H,7,8). The summed E-state index contributed by atoms with van der Waals surface area (Å²) < 4.78 is 9.74. The van der Waals surface area contributed by atoms with Gasteiger partial charge in [0.05, 0.1) is 24.1 Å². The molecule has 3 amide bonds. The molecular weight excluding hydrogens is 554 g/mol. The van der Waals surface area contributed by atoms with E-state index in [0.29, 0.717) is 19.6 Å². The van der Waals surface area contributed by atoms with E-state index in [9.17, 15) is 24.0 Å². The Labute approximate surface area is 261 Å². The van der Waals surface area contributed by atoms with Gasteiger partial charge < -0.3 is 30.9 Å². The Hall–Kier alpha value is -2.69. The van der Waals surface area contributed by atoms with E-state index >= 15 is 0 Å². The van der Waals surface area contributed by atoms with Crippen molar-refractivity contribution in [3.8, 4) is 0 Å². The van der Waals surface area contributed by atoms with Gasteiger partial charge in [-0.05, 0) is 59.8 Å². The molecule has 11 heteroatoms. The lowest BCUT2D eigenvalue weighted by molar-refractivity contribution is -0.155. The van der Waals surface area contributed by atoms with Crippen LogP contribution in [-0.2, 0) is 33.4 Å². The Bertz CT molecular complexity index is 762. The number of primary amides is 1. The van der Waals surface area contributed by atoms with Gasteiger partial charge in [-0.3, -0.25) is 24.0 Å². The van der Waals surface area contributed by atoms with Gasteiger partial charge in [-0.25, -0.2) is 0 Å². The third kappa shape index (κ3) is 24.4. The van der Waals surface area contributed by atoms with Gasteiger partial charge in [0.2, 0.25) is 17.7 Å². The number of nitrogens with two attached hydrogens (primary N) is 1. The fourth-order valence-electron chi connectivity index (χ4n) is 1.82. The number of hydrogen-bond acceptors (Lipinski definition) is 7. The van der Waals surface area contributed by atoms with Crippen LogP contribution < -0.4 is 16.4 Å². The number of hydrogen-bond donors (Lipinski definition) is 4. The van der Waals surface area contributed by atoms with Crippen molar-refractivity contribution < 1.29 is 38.6 Å². The lowest BCUT2D eigenvalue weighted by atomic mass is 9.90. The topological polar surface area (TPSA) is 174 Å². The molecule has 0 radical (unpaired) electrons. The monoisotopic (exact) mass is 619 g/mol. The fraction of sp³-hybridized carbons (Fsp3) is 0.844. The molecule has 0 aliphatic heterocycles. The van der Waals surface area contributed by atoms with Gasteiger partial charge >= 0.3 is 11.9 Å². The largest absolute Gasteiger partial charge is 0.481 e. The smallest absolute Gasteiger partial charge is 0.311 e. The highest BCUT2D eigenvalue weighted by atomic mass is 16.6. The van der Waals surface area contributed by atoms with Crippen LogP contribution in [0.15, 0.2) is 0 Å². The highest BCUT2D eigenvalue weighted by Crippen LogP contribution is 2.21. The molecule has 5 N–H and O–H groups in total. The number of aliphatic carboxylic acids is 1. The Kier molecular flexibility index (Phi) is 27.2. The van der Waals surface area contributed by atoms with Crippen molar-refractivity contribution in [1.29, 1.82) is 0 Å². The molecule has 0 aliphatic rings. The molecule has 0 bridgehead atoms. The normalized spacial score (nSPS) is 12.3. The van der Waals surface area contributed by atoms with Crippen molar-refractivity contribution in [2.75, 3.05) is 27.0 Å². The molecule has 0 aromatic carbocycles. The van der Waals surface area contributed by atoms with Crippen molar-refractivity contribution in [3.63, 3.8) is 0 Å². The number of carboxylic acids is 1. The molecule has 0 aromatic heterocycles. The second-order valence-corrected chi connectivity index (χ2v) is 12.4. The van der Waals surface area contributed by atoms with Crippen LogP contribution in [-0.4, -0.2) is 61.8 Å². The number of rotatable bonds is 15. The number of esters is 1. The summed E-state index contributed by atoms with van der Waals surface area (Å²) in [6, 6.07) is 0. The Morgan fingerprint density at radius 3 is 1.28 bits per heavy atom. The van der Waals surface area contributed by atoms with Crippen LogP contribution in [0.1, 0.15) is 122 Å². The van der Waals surface area contributed by atoms with E-state index in [1.165, 1.54) is 0 Å². The van der Waals surface area contributed by atoms with E-state index in [2.05, 4.69) is 10.6 Å². The maximum atomic E-state index is 11.3. The minimum absolute atomic E-state index is 0.00509. The summed E-state index contributed by atoms with van der Waals surface area (Å²) in [6.45, 7) is 25.4. The molecule has 0 saturated heterocycles. The zero-order valence-electron chi connectivity index (χ0n) is 29.7. The molecule has 11 nitrogen and oxygen atoms in total. The zero-order valence-corrected chi connectivity index (χ0v) is 29.7. The third-order valence-corrected chi connectivity index (χ3v) is 7.62. The van der Waals surface area contributed by atoms with E-state index in [0.717, 1.165) is 25.7 Å². The third-order valence-electron chi connectivity index (χ3n) is 7.62. The molecule has 0 saturated carbocycles. The summed E-state index contributed by atoms with van der Waals surface area (Å²) >= 11 is 0. The van der Waals surface area contributed by atoms with Gasteiger partial charge in [0.15, 0.2) is 0 Å². The van der Waals surface area contributed by atoms with E-state index < -0.39 is 11.4 Å². The summed E-state index contributed by atoms with van der Waals surface area (Å²) in [7, 11) is 1.58. The van der Waals surface area contributed by atoms with Gasteiger partial charge in [0.25, 0.3) is 0 Å². The molecule has 0 rings (SSSR count). The quantitative estimate of drug-likeness (QED) is 0.109. The van der Waals surface area contributed by atoms with Crippen LogP contribution in [0.4, 0.5) is 0 Å². The minimum atomic E-state index is -0.722. The second kappa shape index (κ2) is 24.7. The molecule has 43 heavy (non-hydrogen) atoms. The van der Waals surface area contributed by atoms with E-state index in [4.69, 9.17) is 20.3 Å².